The average molecular weight is 330 g/mol. The second-order valence-electron chi connectivity index (χ2n) is 10.0. The number of allylic oxidation sites excluding steroid dienone is 1. The minimum absolute atomic E-state index is 0.0994. The van der Waals surface area contributed by atoms with Gasteiger partial charge in [-0.1, -0.05) is 93.9 Å². The van der Waals surface area contributed by atoms with Gasteiger partial charge in [-0.25, -0.2) is 0 Å². The molecule has 0 atom stereocenters. The maximum Gasteiger partial charge on any atom is 0.0455 e. The van der Waals surface area contributed by atoms with Crippen LogP contribution in [0.5, 0.6) is 0 Å². The molecule has 0 radical (unpaired) electrons. The van der Waals surface area contributed by atoms with E-state index in [1.807, 2.05) is 0 Å². The van der Waals surface area contributed by atoms with Crippen LogP contribution < -0.4 is 5.32 Å². The Hall–Kier alpha value is -1.24. The summed E-state index contributed by atoms with van der Waals surface area (Å²) in [6, 6.07) is 4.82. The number of benzene rings is 1. The SMILES string of the molecule is CCC/C=C/Nc1c(C(C)(C)C)cc(C(C)(C)C)cc1C(C)(C)C. The van der Waals surface area contributed by atoms with Crippen LogP contribution in [-0.2, 0) is 16.2 Å². The van der Waals surface area contributed by atoms with E-state index in [4.69, 9.17) is 0 Å². The lowest BCUT2D eigenvalue weighted by Crippen LogP contribution is -2.23. The largest absolute Gasteiger partial charge is 0.362 e. The van der Waals surface area contributed by atoms with Gasteiger partial charge < -0.3 is 5.32 Å². The van der Waals surface area contributed by atoms with Crippen LogP contribution in [0.15, 0.2) is 24.4 Å². The van der Waals surface area contributed by atoms with Gasteiger partial charge in [0.1, 0.15) is 0 Å². The van der Waals surface area contributed by atoms with Gasteiger partial charge in [-0.05, 0) is 45.6 Å². The smallest absolute Gasteiger partial charge is 0.0455 e. The number of rotatable bonds is 4. The zero-order valence-electron chi connectivity index (χ0n) is 17.7. The molecule has 0 fully saturated rings. The monoisotopic (exact) mass is 329 g/mol. The highest BCUT2D eigenvalue weighted by atomic mass is 14.9. The first kappa shape index (κ1) is 20.8. The number of nitrogens with one attached hydrogen (secondary N) is 1. The van der Waals surface area contributed by atoms with Crippen molar-refractivity contribution in [1.82, 2.24) is 0 Å². The first-order valence-electron chi connectivity index (χ1n) is 9.39. The van der Waals surface area contributed by atoms with Crippen molar-refractivity contribution in [2.45, 2.75) is 98.3 Å². The number of hydrogen-bond donors (Lipinski definition) is 1. The molecule has 136 valence electrons. The van der Waals surface area contributed by atoms with Gasteiger partial charge in [0.25, 0.3) is 0 Å². The third-order valence-electron chi connectivity index (χ3n) is 4.42. The molecule has 1 nitrogen and oxygen atoms in total. The van der Waals surface area contributed by atoms with Crippen molar-refractivity contribution in [1.29, 1.82) is 0 Å². The first-order valence-corrected chi connectivity index (χ1v) is 9.39. The lowest BCUT2D eigenvalue weighted by Gasteiger charge is -2.33. The minimum Gasteiger partial charge on any atom is -0.362 e. The van der Waals surface area contributed by atoms with Gasteiger partial charge in [0, 0.05) is 5.69 Å². The zero-order chi connectivity index (χ0) is 18.8. The molecule has 0 amide bonds. The van der Waals surface area contributed by atoms with Gasteiger partial charge in [-0.3, -0.25) is 0 Å². The van der Waals surface area contributed by atoms with Gasteiger partial charge in [0.2, 0.25) is 0 Å². The van der Waals surface area contributed by atoms with E-state index < -0.39 is 0 Å². The number of hydrogen-bond acceptors (Lipinski definition) is 1. The summed E-state index contributed by atoms with van der Waals surface area (Å²) in [5.41, 5.74) is 5.86. The zero-order valence-corrected chi connectivity index (χ0v) is 17.7. The summed E-state index contributed by atoms with van der Waals surface area (Å²) in [4.78, 5) is 0. The highest BCUT2D eigenvalue weighted by molar-refractivity contribution is 5.65. The molecule has 0 aliphatic heterocycles. The highest BCUT2D eigenvalue weighted by Gasteiger charge is 2.28. The fourth-order valence-electron chi connectivity index (χ4n) is 2.81. The Kier molecular flexibility index (Phi) is 6.36. The molecule has 1 heteroatoms. The Bertz CT molecular complexity index is 537. The maximum absolute atomic E-state index is 3.63. The molecular formula is C23H39N. The standard InChI is InChI=1S/C23H39N/c1-11-12-13-14-24-20-18(22(5,6)7)15-17(21(2,3)4)16-19(20)23(8,9)10/h13-16,24H,11-12H2,1-10H3/b14-13+. The summed E-state index contributed by atoms with van der Waals surface area (Å²) in [6.45, 7) is 23.0. The molecule has 0 saturated carbocycles. The van der Waals surface area contributed by atoms with Gasteiger partial charge in [-0.15, -0.1) is 0 Å². The van der Waals surface area contributed by atoms with Crippen molar-refractivity contribution < 1.29 is 0 Å². The summed E-state index contributed by atoms with van der Waals surface area (Å²) in [5.74, 6) is 0. The molecule has 1 rings (SSSR count). The quantitative estimate of drug-likeness (QED) is 0.611. The van der Waals surface area contributed by atoms with Gasteiger partial charge in [0.15, 0.2) is 0 Å². The van der Waals surface area contributed by atoms with E-state index in [9.17, 15) is 0 Å². The third-order valence-corrected chi connectivity index (χ3v) is 4.42. The molecule has 0 aromatic heterocycles. The summed E-state index contributed by atoms with van der Waals surface area (Å²) in [6.07, 6.45) is 6.65. The van der Waals surface area contributed by atoms with E-state index in [0.717, 1.165) is 6.42 Å². The summed E-state index contributed by atoms with van der Waals surface area (Å²) in [5, 5.41) is 3.63. The Labute approximate surface area is 150 Å². The molecular weight excluding hydrogens is 290 g/mol. The van der Waals surface area contributed by atoms with Gasteiger partial charge >= 0.3 is 0 Å². The molecule has 0 spiro atoms. The fourth-order valence-corrected chi connectivity index (χ4v) is 2.81. The van der Waals surface area contributed by atoms with Crippen LogP contribution in [-0.4, -0.2) is 0 Å². The van der Waals surface area contributed by atoms with E-state index in [2.05, 4.69) is 99.0 Å². The second kappa shape index (κ2) is 7.33. The van der Waals surface area contributed by atoms with Crippen LogP contribution in [0.1, 0.15) is 98.8 Å². The van der Waals surface area contributed by atoms with E-state index >= 15 is 0 Å². The summed E-state index contributed by atoms with van der Waals surface area (Å²) >= 11 is 0. The first-order chi connectivity index (χ1) is 10.8. The van der Waals surface area contributed by atoms with E-state index in [1.165, 1.54) is 28.8 Å². The van der Waals surface area contributed by atoms with Crippen LogP contribution in [0.3, 0.4) is 0 Å². The Morgan fingerprint density at radius 2 is 1.25 bits per heavy atom. The van der Waals surface area contributed by atoms with Crippen LogP contribution in [0.4, 0.5) is 5.69 Å². The molecule has 0 aliphatic rings. The predicted molar refractivity (Wildman–Crippen MR) is 110 cm³/mol. The lowest BCUT2D eigenvalue weighted by molar-refractivity contribution is 0.551. The molecule has 0 aliphatic carbocycles. The summed E-state index contributed by atoms with van der Waals surface area (Å²) < 4.78 is 0. The molecule has 1 aromatic carbocycles. The summed E-state index contributed by atoms with van der Waals surface area (Å²) in [7, 11) is 0. The van der Waals surface area contributed by atoms with Crippen molar-refractivity contribution in [2.24, 2.45) is 0 Å². The van der Waals surface area contributed by atoms with Gasteiger partial charge in [0.05, 0.1) is 0 Å². The van der Waals surface area contributed by atoms with Gasteiger partial charge in [-0.2, -0.15) is 0 Å². The van der Waals surface area contributed by atoms with E-state index in [-0.39, 0.29) is 16.2 Å². The molecule has 1 N–H and O–H groups in total. The second-order valence-corrected chi connectivity index (χ2v) is 10.0. The van der Waals surface area contributed by atoms with Crippen molar-refractivity contribution >= 4 is 5.69 Å². The Morgan fingerprint density at radius 3 is 1.58 bits per heavy atom. The number of unbranched alkanes of at least 4 members (excludes halogenated alkanes) is 1. The fraction of sp³-hybridized carbons (Fsp3) is 0.652. The maximum atomic E-state index is 3.63. The normalized spacial score (nSPS) is 13.6. The molecule has 1 aromatic rings. The minimum atomic E-state index is 0.0994. The molecule has 24 heavy (non-hydrogen) atoms. The lowest BCUT2D eigenvalue weighted by atomic mass is 9.74. The van der Waals surface area contributed by atoms with Crippen LogP contribution >= 0.6 is 0 Å². The van der Waals surface area contributed by atoms with Crippen molar-refractivity contribution in [2.75, 3.05) is 5.32 Å². The highest BCUT2D eigenvalue weighted by Crippen LogP contribution is 2.41. The molecule has 0 bridgehead atoms. The van der Waals surface area contributed by atoms with Crippen LogP contribution in [0.2, 0.25) is 0 Å². The topological polar surface area (TPSA) is 12.0 Å². The van der Waals surface area contributed by atoms with Crippen LogP contribution in [0.25, 0.3) is 0 Å². The third kappa shape index (κ3) is 5.40. The molecule has 0 unspecified atom stereocenters. The molecule has 0 heterocycles. The average Bonchev–Trinajstić information content (AvgIpc) is 2.39. The predicted octanol–water partition coefficient (Wildman–Crippen LogP) is 7.30. The van der Waals surface area contributed by atoms with Crippen molar-refractivity contribution in [3.05, 3.63) is 41.1 Å². The van der Waals surface area contributed by atoms with Crippen molar-refractivity contribution in [3.8, 4) is 0 Å². The molecule has 0 saturated heterocycles. The Balaban J connectivity index is 3.62. The van der Waals surface area contributed by atoms with Crippen LogP contribution in [0, 0.1) is 0 Å². The Morgan fingerprint density at radius 1 is 0.792 bits per heavy atom. The van der Waals surface area contributed by atoms with E-state index in [1.54, 1.807) is 0 Å². The van der Waals surface area contributed by atoms with Crippen molar-refractivity contribution in [3.63, 3.8) is 0 Å². The number of anilines is 1. The van der Waals surface area contributed by atoms with E-state index in [0.29, 0.717) is 0 Å².